The molecule has 3 amide bonds. The van der Waals surface area contributed by atoms with Crippen molar-refractivity contribution in [3.05, 3.63) is 171 Å². The lowest BCUT2D eigenvalue weighted by molar-refractivity contribution is -0.124. The van der Waals surface area contributed by atoms with Gasteiger partial charge in [-0.25, -0.2) is 29.3 Å². The van der Waals surface area contributed by atoms with E-state index in [1.807, 2.05) is 92.9 Å². The van der Waals surface area contributed by atoms with Crippen LogP contribution in [0.1, 0.15) is 35.8 Å². The number of nitrogens with zero attached hydrogens (tertiary/aromatic N) is 13. The number of thioether (sulfide) groups is 1. The van der Waals surface area contributed by atoms with E-state index in [9.17, 15) is 43.2 Å². The first-order valence-corrected chi connectivity index (χ1v) is 26.7. The predicted octanol–water partition coefficient (Wildman–Crippen LogP) is 1.63. The molecule has 26 nitrogen and oxygen atoms in total. The first-order chi connectivity index (χ1) is 38.6. The summed E-state index contributed by atoms with van der Waals surface area (Å²) in [7, 11) is 8.84. The normalized spacial score (nSPS) is 13.3. The molecule has 6 aromatic heterocycles. The number of carbonyl (C=O) groups excluding carboxylic acids is 3. The first-order valence-electron chi connectivity index (χ1n) is 25.4. The molecule has 0 radical (unpaired) electrons. The van der Waals surface area contributed by atoms with Crippen molar-refractivity contribution < 1.29 is 19.1 Å². The molecule has 424 valence electrons. The number of morpholine rings is 1. The molecule has 2 atom stereocenters. The average Bonchev–Trinajstić information content (AvgIpc) is 4.27. The van der Waals surface area contributed by atoms with Gasteiger partial charge in [-0.05, 0) is 56.9 Å². The molecule has 81 heavy (non-hydrogen) atoms. The molecule has 0 aliphatic carbocycles. The van der Waals surface area contributed by atoms with Crippen molar-refractivity contribution in [1.82, 2.24) is 66.3 Å². The van der Waals surface area contributed by atoms with Crippen LogP contribution in [-0.4, -0.2) is 111 Å². The highest BCUT2D eigenvalue weighted by Gasteiger charge is 2.26. The van der Waals surface area contributed by atoms with E-state index in [1.165, 1.54) is 86.3 Å². The van der Waals surface area contributed by atoms with Crippen molar-refractivity contribution in [2.75, 3.05) is 43.2 Å². The van der Waals surface area contributed by atoms with Gasteiger partial charge >= 0.3 is 17.1 Å². The van der Waals surface area contributed by atoms with E-state index in [2.05, 4.69) is 35.8 Å². The van der Waals surface area contributed by atoms with Crippen LogP contribution >= 0.6 is 11.8 Å². The van der Waals surface area contributed by atoms with Crippen LogP contribution in [0.2, 0.25) is 0 Å². The van der Waals surface area contributed by atoms with Crippen LogP contribution in [0.25, 0.3) is 33.5 Å². The van der Waals surface area contributed by atoms with E-state index in [0.29, 0.717) is 37.7 Å². The summed E-state index contributed by atoms with van der Waals surface area (Å²) in [6.07, 6.45) is 5.84. The Balaban J connectivity index is 0.000000161. The molecule has 7 heterocycles. The van der Waals surface area contributed by atoms with Gasteiger partial charge in [0, 0.05) is 66.0 Å². The van der Waals surface area contributed by atoms with Crippen molar-refractivity contribution in [3.8, 4) is 0 Å². The van der Waals surface area contributed by atoms with E-state index >= 15 is 0 Å². The van der Waals surface area contributed by atoms with Gasteiger partial charge in [0.05, 0.1) is 37.9 Å². The summed E-state index contributed by atoms with van der Waals surface area (Å²) in [5.41, 5.74) is 3.21. The van der Waals surface area contributed by atoms with Gasteiger partial charge in [-0.3, -0.25) is 61.1 Å². The molecule has 1 fully saturated rings. The zero-order valence-corrected chi connectivity index (χ0v) is 47.2. The number of ether oxygens (including phenoxy) is 1. The molecule has 10 rings (SSSR count). The summed E-state index contributed by atoms with van der Waals surface area (Å²) in [6, 6.07) is 22.3. The Morgan fingerprint density at radius 3 is 1.56 bits per heavy atom. The topological polar surface area (TPSA) is 285 Å². The van der Waals surface area contributed by atoms with Gasteiger partial charge in [-0.15, -0.1) is 11.8 Å². The maximum Gasteiger partial charge on any atom is 0.332 e. The number of aromatic nitrogens is 12. The average molecular weight is 1130 g/mol. The lowest BCUT2D eigenvalue weighted by Crippen LogP contribution is -2.47. The highest BCUT2D eigenvalue weighted by atomic mass is 32.2. The summed E-state index contributed by atoms with van der Waals surface area (Å²) in [6.45, 7) is 8.11. The summed E-state index contributed by atoms with van der Waals surface area (Å²) in [5, 5.41) is 8.75. The number of benzene rings is 3. The number of fused-ring (bicyclic) bond motifs is 3. The third kappa shape index (κ3) is 12.0. The molecule has 3 N–H and O–H groups in total. The first kappa shape index (κ1) is 58.0. The minimum atomic E-state index is -0.670. The minimum absolute atomic E-state index is 0.0767. The Morgan fingerprint density at radius 2 is 1.04 bits per heavy atom. The van der Waals surface area contributed by atoms with Crippen LogP contribution in [0.4, 0.5) is 11.4 Å². The Labute approximate surface area is 465 Å². The third-order valence-corrected chi connectivity index (χ3v) is 14.6. The van der Waals surface area contributed by atoms with Gasteiger partial charge in [0.2, 0.25) is 17.7 Å². The molecule has 0 saturated carbocycles. The van der Waals surface area contributed by atoms with Crippen molar-refractivity contribution in [3.63, 3.8) is 0 Å². The lowest BCUT2D eigenvalue weighted by atomic mass is 10.1. The predicted molar refractivity (Wildman–Crippen MR) is 306 cm³/mol. The molecule has 1 aliphatic rings. The Kier molecular flexibility index (Phi) is 17.5. The van der Waals surface area contributed by atoms with E-state index < -0.39 is 39.8 Å². The van der Waals surface area contributed by atoms with Crippen molar-refractivity contribution in [2.45, 2.75) is 51.0 Å². The SMILES string of the molecule is CSc1ccccc1NC(=O)Cn1cnc2c1c(=O)n(C)c(=O)n2C.Cc1ccc(C(NC(=O)Cn2cnc3c2c(=O)n(C)c(=O)n3C)N2CCOCC2)cc1.Cc1ccc(NC(=O)C(C)n2cnc3c2c(=O)n(C)c(=O)n3C)cc1. The van der Waals surface area contributed by atoms with Gasteiger partial charge in [0.1, 0.15) is 25.3 Å². The van der Waals surface area contributed by atoms with Gasteiger partial charge in [0.15, 0.2) is 33.5 Å². The fraction of sp³-hybridized carbons (Fsp3) is 0.333. The summed E-state index contributed by atoms with van der Waals surface area (Å²) < 4.78 is 16.8. The molecule has 9 aromatic rings. The monoisotopic (exact) mass is 1130 g/mol. The molecule has 27 heteroatoms. The third-order valence-electron chi connectivity index (χ3n) is 13.8. The number of imidazole rings is 3. The molecule has 0 bridgehead atoms. The Morgan fingerprint density at radius 1 is 0.580 bits per heavy atom. The summed E-state index contributed by atoms with van der Waals surface area (Å²) >= 11 is 1.53. The van der Waals surface area contributed by atoms with E-state index in [0.717, 1.165) is 35.3 Å². The Hall–Kier alpha value is -9.21. The highest BCUT2D eigenvalue weighted by molar-refractivity contribution is 7.98. The van der Waals surface area contributed by atoms with E-state index in [-0.39, 0.29) is 70.5 Å². The van der Waals surface area contributed by atoms with Crippen LogP contribution in [0, 0.1) is 13.8 Å². The number of hydrogen-bond donors (Lipinski definition) is 3. The highest BCUT2D eigenvalue weighted by Crippen LogP contribution is 2.25. The van der Waals surface area contributed by atoms with Crippen LogP contribution < -0.4 is 49.7 Å². The smallest absolute Gasteiger partial charge is 0.332 e. The number of hydrogen-bond acceptors (Lipinski definition) is 15. The quantitative estimate of drug-likeness (QED) is 0.147. The fourth-order valence-electron chi connectivity index (χ4n) is 9.12. The van der Waals surface area contributed by atoms with Gasteiger partial charge in [-0.2, -0.15) is 0 Å². The number of aryl methyl sites for hydroxylation is 5. The number of anilines is 2. The van der Waals surface area contributed by atoms with Gasteiger partial charge in [-0.1, -0.05) is 59.7 Å². The number of rotatable bonds is 12. The summed E-state index contributed by atoms with van der Waals surface area (Å²) in [5.74, 6) is -0.817. The van der Waals surface area contributed by atoms with Crippen molar-refractivity contribution >= 4 is 74.3 Å². The second-order valence-corrected chi connectivity index (χ2v) is 20.2. The number of amides is 3. The molecule has 0 spiro atoms. The second kappa shape index (κ2) is 24.4. The molecular weight excluding hydrogens is 1060 g/mol. The van der Waals surface area contributed by atoms with Crippen LogP contribution in [-0.2, 0) is 74.5 Å². The minimum Gasteiger partial charge on any atom is -0.379 e. The van der Waals surface area contributed by atoms with Crippen LogP contribution in [0.5, 0.6) is 0 Å². The lowest BCUT2D eigenvalue weighted by Gasteiger charge is -2.35. The zero-order valence-electron chi connectivity index (χ0n) is 46.4. The van der Waals surface area contributed by atoms with Crippen LogP contribution in [0.15, 0.2) is 125 Å². The fourth-order valence-corrected chi connectivity index (χ4v) is 9.67. The standard InChI is InChI=1S/C21H26N6O4.C17H19N5O3.C16H17N5O3S/c1-14-4-6-15(7-5-14)18(26-8-10-31-11-9-26)23-16(28)12-27-13-22-19-17(27)20(29)25(3)21(30)24(19)2;1-10-5-7-12(8-6-10)19-15(23)11(2)22-9-18-14-13(22)16(24)21(4)17(25)20(14)3;1-19-14-13(15(23)20(2)16(19)24)21(9-17-14)8-12(22)18-10-6-4-5-7-11(10)25-3/h4-7,13,18H,8-12H2,1-3H3,(H,23,28);5-9,11H,1-4H3,(H,19,23);4-7,9H,8H2,1-3H3,(H,18,22). The van der Waals surface area contributed by atoms with E-state index in [1.54, 1.807) is 21.0 Å². The molecule has 1 saturated heterocycles. The number of nitrogens with one attached hydrogen (secondary N) is 3. The molecular formula is C54H62N16O10S. The second-order valence-electron chi connectivity index (χ2n) is 19.3. The van der Waals surface area contributed by atoms with Gasteiger partial charge in [0.25, 0.3) is 16.7 Å². The largest absolute Gasteiger partial charge is 0.379 e. The molecule has 2 unspecified atom stereocenters. The number of para-hydroxylation sites is 1. The van der Waals surface area contributed by atoms with Crippen LogP contribution in [0.3, 0.4) is 0 Å². The van der Waals surface area contributed by atoms with Crippen molar-refractivity contribution in [2.24, 2.45) is 42.3 Å². The van der Waals surface area contributed by atoms with Gasteiger partial charge < -0.3 is 34.4 Å². The maximum absolute atomic E-state index is 13.0. The Bertz CT molecular complexity index is 4230. The van der Waals surface area contributed by atoms with Crippen molar-refractivity contribution in [1.29, 1.82) is 0 Å². The molecule has 3 aromatic carbocycles. The molecule has 1 aliphatic heterocycles. The van der Waals surface area contributed by atoms with E-state index in [4.69, 9.17) is 4.74 Å². The summed E-state index contributed by atoms with van der Waals surface area (Å²) in [4.78, 5) is 127. The zero-order chi connectivity index (χ0) is 58.6. The maximum atomic E-state index is 13.0. The number of carbonyl (C=O) groups is 3.